The Hall–Kier alpha value is -1.09. The van der Waals surface area contributed by atoms with Crippen molar-refractivity contribution in [2.45, 2.75) is 32.6 Å². The van der Waals surface area contributed by atoms with Crippen molar-refractivity contribution < 1.29 is 14.3 Å². The first-order chi connectivity index (χ1) is 7.41. The van der Waals surface area contributed by atoms with Gasteiger partial charge in [0.1, 0.15) is 5.82 Å². The van der Waals surface area contributed by atoms with Gasteiger partial charge in [-0.15, -0.1) is 0 Å². The van der Waals surface area contributed by atoms with Crippen LogP contribution >= 0.6 is 11.6 Å². The molecule has 0 spiro atoms. The molecule has 0 heterocycles. The number of rotatable bonds is 4. The molecule has 2 nitrogen and oxygen atoms in total. The first-order valence-electron chi connectivity index (χ1n) is 5.09. The van der Waals surface area contributed by atoms with Crippen molar-refractivity contribution in [3.05, 3.63) is 34.1 Å². The second-order valence-electron chi connectivity index (χ2n) is 3.96. The van der Waals surface area contributed by atoms with Gasteiger partial charge in [0.25, 0.3) is 0 Å². The maximum Gasteiger partial charge on any atom is 0.303 e. The molecule has 1 N–H and O–H groups in total. The molecule has 16 heavy (non-hydrogen) atoms. The molecule has 0 amide bonds. The molecule has 1 aromatic rings. The zero-order valence-electron chi connectivity index (χ0n) is 9.26. The number of aryl methyl sites for hydroxylation is 1. The van der Waals surface area contributed by atoms with Crippen LogP contribution in [0.25, 0.3) is 0 Å². The van der Waals surface area contributed by atoms with E-state index >= 15 is 0 Å². The summed E-state index contributed by atoms with van der Waals surface area (Å²) in [6.07, 6.45) is 0.591. The summed E-state index contributed by atoms with van der Waals surface area (Å²) < 4.78 is 13.2. The summed E-state index contributed by atoms with van der Waals surface area (Å²) in [4.78, 5) is 10.4. The van der Waals surface area contributed by atoms with E-state index in [0.717, 1.165) is 5.56 Å². The minimum atomic E-state index is -0.832. The van der Waals surface area contributed by atoms with Gasteiger partial charge in [0, 0.05) is 11.4 Å². The Labute approximate surface area is 99.0 Å². The van der Waals surface area contributed by atoms with E-state index in [-0.39, 0.29) is 18.2 Å². The van der Waals surface area contributed by atoms with E-state index in [1.54, 1.807) is 13.0 Å². The lowest BCUT2D eigenvalue weighted by atomic mass is 9.95. The van der Waals surface area contributed by atoms with Crippen LogP contribution in [-0.2, 0) is 4.79 Å². The predicted molar refractivity (Wildman–Crippen MR) is 61.4 cm³/mol. The number of halogens is 2. The Kier molecular flexibility index (Phi) is 4.30. The molecule has 0 saturated heterocycles. The van der Waals surface area contributed by atoms with Gasteiger partial charge in [-0.05, 0) is 36.5 Å². The first-order valence-corrected chi connectivity index (χ1v) is 5.47. The molecule has 1 aromatic carbocycles. The number of hydrogen-bond donors (Lipinski definition) is 1. The number of carboxylic acid groups (broad SMARTS) is 1. The summed E-state index contributed by atoms with van der Waals surface area (Å²) in [5.41, 5.74) is 1.34. The number of aliphatic carboxylic acids is 1. The fourth-order valence-corrected chi connectivity index (χ4v) is 1.89. The van der Waals surface area contributed by atoms with Crippen LogP contribution in [0.3, 0.4) is 0 Å². The van der Waals surface area contributed by atoms with Gasteiger partial charge in [-0.25, -0.2) is 4.39 Å². The van der Waals surface area contributed by atoms with Crippen molar-refractivity contribution >= 4 is 17.6 Å². The molecule has 0 aliphatic rings. The molecule has 1 atom stereocenters. The van der Waals surface area contributed by atoms with E-state index in [2.05, 4.69) is 0 Å². The van der Waals surface area contributed by atoms with Crippen LogP contribution in [0.4, 0.5) is 4.39 Å². The van der Waals surface area contributed by atoms with E-state index in [4.69, 9.17) is 16.7 Å². The summed E-state index contributed by atoms with van der Waals surface area (Å²) in [6, 6.07) is 2.97. The summed E-state index contributed by atoms with van der Waals surface area (Å²) in [7, 11) is 0. The maximum atomic E-state index is 13.2. The zero-order valence-corrected chi connectivity index (χ0v) is 10.0. The van der Waals surface area contributed by atoms with Crippen LogP contribution in [0.2, 0.25) is 5.02 Å². The Morgan fingerprint density at radius 3 is 2.75 bits per heavy atom. The van der Waals surface area contributed by atoms with Crippen LogP contribution in [-0.4, -0.2) is 11.1 Å². The Morgan fingerprint density at radius 1 is 1.56 bits per heavy atom. The topological polar surface area (TPSA) is 37.3 Å². The van der Waals surface area contributed by atoms with Gasteiger partial charge < -0.3 is 5.11 Å². The lowest BCUT2D eigenvalue weighted by Crippen LogP contribution is -2.01. The summed E-state index contributed by atoms with van der Waals surface area (Å²) in [5, 5.41) is 8.95. The summed E-state index contributed by atoms with van der Waals surface area (Å²) >= 11 is 5.92. The Bertz CT molecular complexity index is 404. The van der Waals surface area contributed by atoms with Crippen LogP contribution in [0.15, 0.2) is 12.1 Å². The molecule has 88 valence electrons. The van der Waals surface area contributed by atoms with Crippen LogP contribution < -0.4 is 0 Å². The van der Waals surface area contributed by atoms with E-state index in [0.29, 0.717) is 17.0 Å². The van der Waals surface area contributed by atoms with Crippen LogP contribution in [0, 0.1) is 12.7 Å². The van der Waals surface area contributed by atoms with Crippen molar-refractivity contribution in [2.75, 3.05) is 0 Å². The predicted octanol–water partition coefficient (Wildman–Crippen LogP) is 3.76. The molecule has 0 fully saturated rings. The molecular formula is C12H14ClFO2. The van der Waals surface area contributed by atoms with Gasteiger partial charge in [0.2, 0.25) is 0 Å². The van der Waals surface area contributed by atoms with E-state index in [1.165, 1.54) is 6.07 Å². The Morgan fingerprint density at radius 2 is 2.19 bits per heavy atom. The number of hydrogen-bond acceptors (Lipinski definition) is 1. The van der Waals surface area contributed by atoms with Crippen molar-refractivity contribution in [3.8, 4) is 0 Å². The molecule has 1 unspecified atom stereocenters. The molecule has 1 rings (SSSR count). The average molecular weight is 245 g/mol. The molecule has 0 bridgehead atoms. The van der Waals surface area contributed by atoms with Crippen LogP contribution in [0.5, 0.6) is 0 Å². The normalized spacial score (nSPS) is 12.5. The summed E-state index contributed by atoms with van der Waals surface area (Å²) in [5.74, 6) is -1.15. The molecule has 0 saturated carbocycles. The molecular weight excluding hydrogens is 231 g/mol. The van der Waals surface area contributed by atoms with E-state index < -0.39 is 5.97 Å². The van der Waals surface area contributed by atoms with Gasteiger partial charge in [-0.1, -0.05) is 24.6 Å². The van der Waals surface area contributed by atoms with Crippen LogP contribution in [0.1, 0.15) is 36.8 Å². The Balaban J connectivity index is 2.86. The van der Waals surface area contributed by atoms with Crippen molar-refractivity contribution in [1.82, 2.24) is 0 Å². The first kappa shape index (κ1) is 13.0. The highest BCUT2D eigenvalue weighted by molar-refractivity contribution is 6.31. The summed E-state index contributed by atoms with van der Waals surface area (Å²) in [6.45, 7) is 3.56. The lowest BCUT2D eigenvalue weighted by molar-refractivity contribution is -0.137. The standard InChI is InChI=1S/C12H14ClFO2/c1-7(3-4-12(15)16)9-5-8(2)11(14)6-10(9)13/h5-7H,3-4H2,1-2H3,(H,15,16). The van der Waals surface area contributed by atoms with Crippen molar-refractivity contribution in [2.24, 2.45) is 0 Å². The minimum Gasteiger partial charge on any atom is -0.481 e. The monoisotopic (exact) mass is 244 g/mol. The molecule has 0 aliphatic heterocycles. The van der Waals surface area contributed by atoms with Gasteiger partial charge >= 0.3 is 5.97 Å². The third kappa shape index (κ3) is 3.20. The molecule has 4 heteroatoms. The van der Waals surface area contributed by atoms with E-state index in [1.807, 2.05) is 6.92 Å². The zero-order chi connectivity index (χ0) is 12.3. The minimum absolute atomic E-state index is 0.0166. The third-order valence-electron chi connectivity index (χ3n) is 2.60. The fourth-order valence-electron chi connectivity index (χ4n) is 1.55. The maximum absolute atomic E-state index is 13.2. The number of carboxylic acids is 1. The fraction of sp³-hybridized carbons (Fsp3) is 0.417. The smallest absolute Gasteiger partial charge is 0.303 e. The second kappa shape index (κ2) is 5.30. The highest BCUT2D eigenvalue weighted by Gasteiger charge is 2.13. The molecule has 0 aromatic heterocycles. The third-order valence-corrected chi connectivity index (χ3v) is 2.93. The van der Waals surface area contributed by atoms with Gasteiger partial charge in [0.05, 0.1) is 0 Å². The average Bonchev–Trinajstić information content (AvgIpc) is 2.20. The molecule has 0 radical (unpaired) electrons. The highest BCUT2D eigenvalue weighted by atomic mass is 35.5. The largest absolute Gasteiger partial charge is 0.481 e. The molecule has 0 aliphatic carbocycles. The van der Waals surface area contributed by atoms with Crippen molar-refractivity contribution in [3.63, 3.8) is 0 Å². The number of carbonyl (C=O) groups is 1. The van der Waals surface area contributed by atoms with Gasteiger partial charge in [-0.3, -0.25) is 4.79 Å². The number of benzene rings is 1. The highest BCUT2D eigenvalue weighted by Crippen LogP contribution is 2.29. The van der Waals surface area contributed by atoms with Gasteiger partial charge in [0.15, 0.2) is 0 Å². The second-order valence-corrected chi connectivity index (χ2v) is 4.36. The van der Waals surface area contributed by atoms with Gasteiger partial charge in [-0.2, -0.15) is 0 Å². The van der Waals surface area contributed by atoms with Crippen molar-refractivity contribution in [1.29, 1.82) is 0 Å². The quantitative estimate of drug-likeness (QED) is 0.876. The lowest BCUT2D eigenvalue weighted by Gasteiger charge is -2.13. The van der Waals surface area contributed by atoms with E-state index in [9.17, 15) is 9.18 Å². The SMILES string of the molecule is Cc1cc(C(C)CCC(=O)O)c(Cl)cc1F.